The number of aromatic amines is 1. The van der Waals surface area contributed by atoms with Crippen LogP contribution in [0, 0.1) is 5.82 Å². The smallest absolute Gasteiger partial charge is 0.251 e. The van der Waals surface area contributed by atoms with E-state index in [4.69, 9.17) is 4.74 Å². The van der Waals surface area contributed by atoms with Gasteiger partial charge in [-0.3, -0.25) is 9.29 Å². The third kappa shape index (κ3) is 5.17. The Bertz CT molecular complexity index is 1070. The van der Waals surface area contributed by atoms with Gasteiger partial charge in [0, 0.05) is 40.8 Å². The molecular formula is C25H29F4N3O. The van der Waals surface area contributed by atoms with Crippen molar-refractivity contribution in [3.63, 3.8) is 0 Å². The van der Waals surface area contributed by atoms with E-state index < -0.39 is 24.8 Å². The van der Waals surface area contributed by atoms with Crippen molar-refractivity contribution in [3.8, 4) is 5.75 Å². The van der Waals surface area contributed by atoms with E-state index in [2.05, 4.69) is 10.3 Å². The van der Waals surface area contributed by atoms with E-state index in [0.29, 0.717) is 43.9 Å². The van der Waals surface area contributed by atoms with Gasteiger partial charge in [-0.05, 0) is 44.0 Å². The summed E-state index contributed by atoms with van der Waals surface area (Å²) in [5.41, 5.74) is 3.06. The molecule has 8 heteroatoms. The van der Waals surface area contributed by atoms with Crippen LogP contribution in [0.2, 0.25) is 0 Å². The van der Waals surface area contributed by atoms with Crippen molar-refractivity contribution in [2.24, 2.45) is 0 Å². The van der Waals surface area contributed by atoms with E-state index >= 15 is 4.39 Å². The largest absolute Gasteiger partial charge is 0.492 e. The number of aromatic nitrogens is 1. The first-order valence-corrected chi connectivity index (χ1v) is 11.3. The first-order chi connectivity index (χ1) is 16.0. The van der Waals surface area contributed by atoms with E-state index in [-0.39, 0.29) is 12.7 Å². The van der Waals surface area contributed by atoms with Crippen LogP contribution in [0.4, 0.5) is 17.6 Å². The highest BCUT2D eigenvalue weighted by Crippen LogP contribution is 2.42. The summed E-state index contributed by atoms with van der Waals surface area (Å²) in [4.78, 5) is 5.05. The quantitative estimate of drug-likeness (QED) is 0.319. The molecule has 0 radical (unpaired) electrons. The summed E-state index contributed by atoms with van der Waals surface area (Å²) in [6.45, 7) is 2.48. The monoisotopic (exact) mass is 463 g/mol. The van der Waals surface area contributed by atoms with Crippen LogP contribution in [0.1, 0.15) is 36.2 Å². The van der Waals surface area contributed by atoms with Gasteiger partial charge in [0.05, 0.1) is 19.3 Å². The molecule has 3 aromatic rings. The lowest BCUT2D eigenvalue weighted by atomic mass is 9.88. The number of para-hydroxylation sites is 1. The van der Waals surface area contributed by atoms with E-state index in [9.17, 15) is 13.2 Å². The minimum atomic E-state index is -2.53. The topological polar surface area (TPSA) is 40.3 Å². The van der Waals surface area contributed by atoms with Crippen molar-refractivity contribution in [2.75, 3.05) is 32.9 Å². The molecule has 2 N–H and O–H groups in total. The van der Waals surface area contributed by atoms with Crippen LogP contribution in [0.5, 0.6) is 5.75 Å². The maximum Gasteiger partial charge on any atom is 0.251 e. The molecule has 0 bridgehead atoms. The highest BCUT2D eigenvalue weighted by molar-refractivity contribution is 5.85. The lowest BCUT2D eigenvalue weighted by Gasteiger charge is -2.40. The molecule has 178 valence electrons. The number of rotatable bonds is 10. The van der Waals surface area contributed by atoms with Gasteiger partial charge in [-0.1, -0.05) is 24.3 Å². The number of ether oxygens (including phenoxy) is 1. The van der Waals surface area contributed by atoms with Gasteiger partial charge in [0.25, 0.3) is 6.43 Å². The number of alkyl halides is 3. The molecule has 2 aromatic carbocycles. The average Bonchev–Trinajstić information content (AvgIpc) is 3.15. The van der Waals surface area contributed by atoms with Crippen LogP contribution in [-0.2, 0) is 6.42 Å². The second-order valence-corrected chi connectivity index (χ2v) is 8.43. The van der Waals surface area contributed by atoms with E-state index in [1.807, 2.05) is 31.2 Å². The summed E-state index contributed by atoms with van der Waals surface area (Å²) >= 11 is 0. The Morgan fingerprint density at radius 1 is 1.18 bits per heavy atom. The van der Waals surface area contributed by atoms with Crippen molar-refractivity contribution in [2.45, 2.75) is 38.3 Å². The molecule has 2 heterocycles. The second kappa shape index (κ2) is 10.6. The van der Waals surface area contributed by atoms with Crippen LogP contribution in [0.25, 0.3) is 10.9 Å². The van der Waals surface area contributed by atoms with Gasteiger partial charge < -0.3 is 15.0 Å². The molecule has 0 fully saturated rings. The molecule has 0 aliphatic carbocycles. The third-order valence-corrected chi connectivity index (χ3v) is 6.17. The molecule has 0 amide bonds. The standard InChI is InChI=1S/C25H29F4N3O/c1-16-13-20-18-5-2-3-6-22(18)31-24(20)25(32(16)15-23(28)29)19-8-7-17(14-21(19)27)33-12-11-30-10-4-9-26/h2-3,5-8,14,16,23,25,30-31H,4,9-13,15H2,1H3/t16-,25-/m1/s1. The molecule has 0 saturated carbocycles. The molecule has 33 heavy (non-hydrogen) atoms. The third-order valence-electron chi connectivity index (χ3n) is 6.17. The second-order valence-electron chi connectivity index (χ2n) is 8.43. The molecule has 0 spiro atoms. The number of H-pyrrole nitrogens is 1. The fourth-order valence-corrected chi connectivity index (χ4v) is 4.66. The van der Waals surface area contributed by atoms with Crippen LogP contribution < -0.4 is 10.1 Å². The van der Waals surface area contributed by atoms with Gasteiger partial charge in [0.15, 0.2) is 0 Å². The van der Waals surface area contributed by atoms with Crippen molar-refractivity contribution >= 4 is 10.9 Å². The van der Waals surface area contributed by atoms with Crippen LogP contribution in [0.3, 0.4) is 0 Å². The predicted octanol–water partition coefficient (Wildman–Crippen LogP) is 5.24. The zero-order valence-electron chi connectivity index (χ0n) is 18.6. The first-order valence-electron chi connectivity index (χ1n) is 11.3. The number of hydrogen-bond acceptors (Lipinski definition) is 3. The molecule has 1 aliphatic rings. The minimum Gasteiger partial charge on any atom is -0.492 e. The number of fused-ring (bicyclic) bond motifs is 3. The number of nitrogens with zero attached hydrogens (tertiary/aromatic N) is 1. The summed E-state index contributed by atoms with van der Waals surface area (Å²) < 4.78 is 60.0. The predicted molar refractivity (Wildman–Crippen MR) is 121 cm³/mol. The molecule has 1 aliphatic heterocycles. The molecule has 1 aromatic heterocycles. The summed E-state index contributed by atoms with van der Waals surface area (Å²) in [6.07, 6.45) is -1.48. The maximum absolute atomic E-state index is 15.3. The Kier molecular flexibility index (Phi) is 7.55. The van der Waals surface area contributed by atoms with Crippen molar-refractivity contribution in [1.82, 2.24) is 15.2 Å². The molecule has 4 rings (SSSR count). The Labute approximate surface area is 190 Å². The molecule has 0 saturated heterocycles. The van der Waals surface area contributed by atoms with E-state index in [0.717, 1.165) is 22.2 Å². The summed E-state index contributed by atoms with van der Waals surface area (Å²) in [6, 6.07) is 11.6. The Morgan fingerprint density at radius 2 is 2.00 bits per heavy atom. The zero-order valence-corrected chi connectivity index (χ0v) is 18.6. The van der Waals surface area contributed by atoms with E-state index in [1.165, 1.54) is 6.07 Å². The van der Waals surface area contributed by atoms with Crippen LogP contribution in [0.15, 0.2) is 42.5 Å². The summed E-state index contributed by atoms with van der Waals surface area (Å²) in [7, 11) is 0. The number of halogens is 4. The highest BCUT2D eigenvalue weighted by Gasteiger charge is 2.38. The number of benzene rings is 2. The van der Waals surface area contributed by atoms with Crippen molar-refractivity contribution in [1.29, 1.82) is 0 Å². The lowest BCUT2D eigenvalue weighted by Crippen LogP contribution is -2.45. The molecule has 4 nitrogen and oxygen atoms in total. The molecule has 0 unspecified atom stereocenters. The Balaban J connectivity index is 1.62. The minimum absolute atomic E-state index is 0.179. The van der Waals surface area contributed by atoms with E-state index in [1.54, 1.807) is 17.0 Å². The number of nitrogens with one attached hydrogen (secondary N) is 2. The first kappa shape index (κ1) is 23.6. The SMILES string of the molecule is C[C@@H]1Cc2c([nH]c3ccccc23)[C@@H](c2ccc(OCCNCCCF)cc2F)N1CC(F)F. The normalized spacial score (nSPS) is 18.7. The molecule has 2 atom stereocenters. The van der Waals surface area contributed by atoms with Gasteiger partial charge in [0.1, 0.15) is 18.2 Å². The van der Waals surface area contributed by atoms with Gasteiger partial charge >= 0.3 is 0 Å². The Hall–Kier alpha value is -2.58. The number of hydrogen-bond donors (Lipinski definition) is 2. The van der Waals surface area contributed by atoms with Crippen LogP contribution in [-0.4, -0.2) is 55.3 Å². The zero-order chi connectivity index (χ0) is 23.4. The van der Waals surface area contributed by atoms with Gasteiger partial charge in [-0.15, -0.1) is 0 Å². The highest BCUT2D eigenvalue weighted by atomic mass is 19.3. The summed E-state index contributed by atoms with van der Waals surface area (Å²) in [5, 5.41) is 4.09. The fourth-order valence-electron chi connectivity index (χ4n) is 4.66. The molecular weight excluding hydrogens is 434 g/mol. The summed E-state index contributed by atoms with van der Waals surface area (Å²) in [5.74, 6) is -0.134. The van der Waals surface area contributed by atoms with Crippen LogP contribution >= 0.6 is 0 Å². The van der Waals surface area contributed by atoms with Gasteiger partial charge in [-0.25, -0.2) is 13.2 Å². The lowest BCUT2D eigenvalue weighted by molar-refractivity contribution is 0.0447. The maximum atomic E-state index is 15.3. The van der Waals surface area contributed by atoms with Gasteiger partial charge in [0.2, 0.25) is 0 Å². The average molecular weight is 464 g/mol. The van der Waals surface area contributed by atoms with Gasteiger partial charge in [-0.2, -0.15) is 0 Å². The van der Waals surface area contributed by atoms with Crippen molar-refractivity contribution < 1.29 is 22.3 Å². The Morgan fingerprint density at radius 3 is 2.76 bits per heavy atom. The fraction of sp³-hybridized carbons (Fsp3) is 0.440. The van der Waals surface area contributed by atoms with Crippen molar-refractivity contribution in [3.05, 3.63) is 65.1 Å².